The Morgan fingerprint density at radius 3 is 1.92 bits per heavy atom. The van der Waals surface area contributed by atoms with Crippen LogP contribution in [0.2, 0.25) is 0 Å². The molecule has 3 aliphatic carbocycles. The van der Waals surface area contributed by atoms with Gasteiger partial charge in [-0.05, 0) is 141 Å². The smallest absolute Gasteiger partial charge is 0.0714 e. The van der Waals surface area contributed by atoms with Crippen molar-refractivity contribution in [1.82, 2.24) is 9.55 Å². The van der Waals surface area contributed by atoms with E-state index in [4.69, 9.17) is 17.6 Å². The van der Waals surface area contributed by atoms with E-state index in [2.05, 4.69) is 283 Å². The molecule has 368 valence electrons. The van der Waals surface area contributed by atoms with Gasteiger partial charge in [0.15, 0.2) is 0 Å². The molecule has 3 aliphatic rings. The molecule has 4 unspecified atom stereocenters. The minimum Gasteiger partial charge on any atom is -0.311 e. The molecule has 11 aromatic rings. The lowest BCUT2D eigenvalue weighted by Crippen LogP contribution is -2.35. The van der Waals surface area contributed by atoms with Crippen LogP contribution in [-0.4, -0.2) is 9.55 Å². The Morgan fingerprint density at radius 2 is 1.19 bits per heavy atom. The summed E-state index contributed by atoms with van der Waals surface area (Å²) in [5.41, 5.74) is 20.6. The van der Waals surface area contributed by atoms with E-state index in [0.29, 0.717) is 0 Å². The van der Waals surface area contributed by atoms with E-state index in [9.17, 15) is 0 Å². The molecule has 9 aromatic carbocycles. The van der Waals surface area contributed by atoms with Crippen LogP contribution in [-0.2, 0) is 5.41 Å². The predicted molar refractivity (Wildman–Crippen MR) is 324 cm³/mol. The van der Waals surface area contributed by atoms with Crippen LogP contribution in [0.3, 0.4) is 0 Å². The highest BCUT2D eigenvalue weighted by Gasteiger charge is 2.49. The fourth-order valence-corrected chi connectivity index (χ4v) is 13.4. The maximum absolute atomic E-state index is 5.66. The largest absolute Gasteiger partial charge is 0.311 e. The molecule has 2 heterocycles. The van der Waals surface area contributed by atoms with E-state index in [1.165, 1.54) is 66.4 Å². The van der Waals surface area contributed by atoms with Gasteiger partial charge in [-0.15, -0.1) is 12.6 Å². The van der Waals surface area contributed by atoms with Crippen molar-refractivity contribution < 1.29 is 0 Å². The van der Waals surface area contributed by atoms with Crippen molar-refractivity contribution in [1.29, 1.82) is 0 Å². The monoisotopic (exact) mass is 1010 g/mol. The number of benzene rings is 9. The lowest BCUT2D eigenvalue weighted by Gasteiger charge is -2.40. The molecule has 2 aromatic heterocycles. The molecule has 3 nitrogen and oxygen atoms in total. The third-order valence-electron chi connectivity index (χ3n) is 16.5. The Hall–Kier alpha value is -8.96. The fraction of sp³-hybridized carbons (Fsp3) is 0.0822. The Bertz CT molecular complexity index is 4140. The molecule has 77 heavy (non-hydrogen) atoms. The summed E-state index contributed by atoms with van der Waals surface area (Å²) in [7, 11) is 0. The first-order chi connectivity index (χ1) is 38.0. The minimum atomic E-state index is -0.424. The van der Waals surface area contributed by atoms with E-state index < -0.39 is 5.41 Å². The van der Waals surface area contributed by atoms with Gasteiger partial charge in [0, 0.05) is 56.1 Å². The van der Waals surface area contributed by atoms with Gasteiger partial charge in [0.25, 0.3) is 0 Å². The number of hydrogen-bond acceptors (Lipinski definition) is 3. The van der Waals surface area contributed by atoms with Crippen molar-refractivity contribution >= 4 is 45.8 Å². The number of hydrogen-bond donors (Lipinski definition) is 1. The first-order valence-electron chi connectivity index (χ1n) is 26.9. The van der Waals surface area contributed by atoms with Crippen molar-refractivity contribution in [2.45, 2.75) is 29.6 Å². The maximum Gasteiger partial charge on any atom is 0.0714 e. The zero-order valence-corrected chi connectivity index (χ0v) is 43.7. The van der Waals surface area contributed by atoms with Crippen LogP contribution >= 0.6 is 12.6 Å². The molecule has 0 radical (unpaired) electrons. The van der Waals surface area contributed by atoms with E-state index in [-0.39, 0.29) is 17.8 Å². The summed E-state index contributed by atoms with van der Waals surface area (Å²) in [6.07, 6.45) is 19.3. The van der Waals surface area contributed by atoms with Crippen molar-refractivity contribution in [3.05, 3.63) is 307 Å². The van der Waals surface area contributed by atoms with Gasteiger partial charge in [0.1, 0.15) is 0 Å². The molecule has 0 fully saturated rings. The highest BCUT2D eigenvalue weighted by Crippen LogP contribution is 2.59. The standard InChI is InChI=1S/C73H55N3S/c1-49-34-38-58(46-63(49)71-70-62-42-37-53(51-23-9-3-10-24-51)45-68(62)76(56-29-15-6-16-30-56)69(70)48-64(72(71)77)67-33-19-20-44-74-67)75(57-39-35-52(36-40-57)50-21-7-2-8-22-50)59-41-43-61-60-31-17-18-32-65(60)73(66(61)47-59,54-25-11-4-12-26-54)55-27-13-5-14-28-55/h2-27,29-49,55,63,77H,28H2,1H3. The van der Waals surface area contributed by atoms with Gasteiger partial charge in [0.2, 0.25) is 0 Å². The van der Waals surface area contributed by atoms with Crippen LogP contribution in [0.4, 0.5) is 11.4 Å². The summed E-state index contributed by atoms with van der Waals surface area (Å²) in [5, 5.41) is 2.39. The summed E-state index contributed by atoms with van der Waals surface area (Å²) in [6.45, 7) is 2.36. The first-order valence-corrected chi connectivity index (χ1v) is 27.3. The number of nitrogens with zero attached hydrogens (tertiary/aromatic N) is 3. The average Bonchev–Trinajstić information content (AvgIpc) is 4.24. The van der Waals surface area contributed by atoms with E-state index >= 15 is 0 Å². The quantitative estimate of drug-likeness (QED) is 0.138. The maximum atomic E-state index is 5.66. The molecule has 14 rings (SSSR count). The highest BCUT2D eigenvalue weighted by molar-refractivity contribution is 7.80. The summed E-state index contributed by atoms with van der Waals surface area (Å²) >= 11 is 5.66. The molecule has 0 aliphatic heterocycles. The summed E-state index contributed by atoms with van der Waals surface area (Å²) in [6, 6.07) is 84.5. The minimum absolute atomic E-state index is 0.0790. The molecule has 0 N–H and O–H groups in total. The lowest BCUT2D eigenvalue weighted by molar-refractivity contribution is 0.457. The number of pyridine rings is 1. The Labute approximate surface area is 456 Å². The predicted octanol–water partition coefficient (Wildman–Crippen LogP) is 18.9. The molecule has 4 atom stereocenters. The third kappa shape index (κ3) is 7.77. The number of rotatable bonds is 10. The van der Waals surface area contributed by atoms with Gasteiger partial charge in [-0.1, -0.05) is 213 Å². The number of fused-ring (bicyclic) bond motifs is 6. The molecular formula is C73H55N3S. The second-order valence-corrected chi connectivity index (χ2v) is 21.2. The van der Waals surface area contributed by atoms with E-state index in [1.807, 2.05) is 12.3 Å². The molecule has 0 saturated carbocycles. The van der Waals surface area contributed by atoms with Crippen LogP contribution in [0.1, 0.15) is 41.5 Å². The van der Waals surface area contributed by atoms with Gasteiger partial charge in [-0.25, -0.2) is 0 Å². The number of anilines is 2. The Morgan fingerprint density at radius 1 is 0.545 bits per heavy atom. The van der Waals surface area contributed by atoms with Crippen molar-refractivity contribution in [2.24, 2.45) is 11.8 Å². The zero-order valence-electron chi connectivity index (χ0n) is 42.8. The first kappa shape index (κ1) is 46.6. The third-order valence-corrected chi connectivity index (χ3v) is 17.0. The van der Waals surface area contributed by atoms with E-state index in [0.717, 1.165) is 56.4 Å². The summed E-state index contributed by atoms with van der Waals surface area (Å²) in [4.78, 5) is 8.43. The van der Waals surface area contributed by atoms with Gasteiger partial charge >= 0.3 is 0 Å². The van der Waals surface area contributed by atoms with Gasteiger partial charge in [-0.3, -0.25) is 4.98 Å². The summed E-state index contributed by atoms with van der Waals surface area (Å²) in [5.74, 6) is 0.249. The second-order valence-electron chi connectivity index (χ2n) is 20.8. The normalized spacial score (nSPS) is 18.3. The molecule has 0 spiro atoms. The highest BCUT2D eigenvalue weighted by atomic mass is 32.1. The number of thiol groups is 1. The zero-order chi connectivity index (χ0) is 51.5. The lowest BCUT2D eigenvalue weighted by atomic mass is 9.62. The van der Waals surface area contributed by atoms with Gasteiger partial charge in [0.05, 0.1) is 22.1 Å². The molecular weight excluding hydrogens is 951 g/mol. The topological polar surface area (TPSA) is 21.1 Å². The SMILES string of the molecule is CC1C=CC(N(c2ccc(-c3ccccc3)cc2)c2ccc3c(c2)C(c2ccccc2)(C2C=CC=CC2)c2ccccc2-3)=CC1c1c(S)c(-c2ccccn2)cc2c1c1ccc(-c3ccccc3)cc1n2-c1ccccc1. The van der Waals surface area contributed by atoms with Crippen LogP contribution in [0.15, 0.2) is 290 Å². The van der Waals surface area contributed by atoms with Crippen molar-refractivity contribution in [2.75, 3.05) is 4.90 Å². The van der Waals surface area contributed by atoms with Crippen LogP contribution in [0.5, 0.6) is 0 Å². The Balaban J connectivity index is 1.02. The van der Waals surface area contributed by atoms with Gasteiger partial charge < -0.3 is 9.47 Å². The average molecular weight is 1010 g/mol. The Kier molecular flexibility index (Phi) is 11.7. The molecule has 4 heteroatoms. The van der Waals surface area contributed by atoms with Crippen LogP contribution < -0.4 is 4.90 Å². The number of allylic oxidation sites excluding steroid dienone is 7. The van der Waals surface area contributed by atoms with Crippen LogP contribution in [0, 0.1) is 11.8 Å². The fourth-order valence-electron chi connectivity index (χ4n) is 13.0. The van der Waals surface area contributed by atoms with Crippen molar-refractivity contribution in [3.63, 3.8) is 0 Å². The van der Waals surface area contributed by atoms with Gasteiger partial charge in [-0.2, -0.15) is 0 Å². The molecule has 0 amide bonds. The number of aromatic nitrogens is 2. The second kappa shape index (κ2) is 19.3. The number of para-hydroxylation sites is 1. The van der Waals surface area contributed by atoms with E-state index in [1.54, 1.807) is 0 Å². The molecule has 0 saturated heterocycles. The molecule has 0 bridgehead atoms. The van der Waals surface area contributed by atoms with Crippen LogP contribution in [0.25, 0.3) is 72.1 Å². The van der Waals surface area contributed by atoms with Crippen molar-refractivity contribution in [3.8, 4) is 50.3 Å². The summed E-state index contributed by atoms with van der Waals surface area (Å²) < 4.78 is 2.45.